The molecule has 3 nitrogen and oxygen atoms in total. The van der Waals surface area contributed by atoms with Crippen molar-refractivity contribution in [3.05, 3.63) is 18.3 Å². The zero-order chi connectivity index (χ0) is 8.02. The average Bonchev–Trinajstić information content (AvgIpc) is 2.85. The van der Waals surface area contributed by atoms with Gasteiger partial charge in [0.25, 0.3) is 0 Å². The number of anilines is 1. The smallest absolute Gasteiger partial charge is 0.238 e. The number of nitrogens with one attached hydrogen (secondary N) is 1. The first-order valence-corrected chi connectivity index (χ1v) is 4.17. The lowest BCUT2D eigenvalue weighted by atomic mass is 10.2. The van der Waals surface area contributed by atoms with E-state index in [-0.39, 0.29) is 5.60 Å². The fourth-order valence-corrected chi connectivity index (χ4v) is 1.47. The number of ether oxygens (including phenoxy) is 1. The van der Waals surface area contributed by atoms with Crippen molar-refractivity contribution in [3.63, 3.8) is 0 Å². The molecular formula is C9H9N2O. The van der Waals surface area contributed by atoms with Crippen molar-refractivity contribution in [1.82, 2.24) is 4.98 Å². The van der Waals surface area contributed by atoms with Gasteiger partial charge in [-0.25, -0.2) is 4.98 Å². The zero-order valence-corrected chi connectivity index (χ0v) is 6.63. The molecule has 3 heteroatoms. The van der Waals surface area contributed by atoms with Gasteiger partial charge in [0.15, 0.2) is 0 Å². The minimum atomic E-state index is 0.0847. The molecular weight excluding hydrogens is 152 g/mol. The predicted molar refractivity (Wildman–Crippen MR) is 44.2 cm³/mol. The Morgan fingerprint density at radius 2 is 2.50 bits per heavy atom. The molecule has 2 aliphatic rings. The minimum Gasteiger partial charge on any atom is -0.468 e. The summed E-state index contributed by atoms with van der Waals surface area (Å²) in [5.41, 5.74) is 1.05. The number of hydrogen-bond acceptors (Lipinski definition) is 3. The Kier molecular flexibility index (Phi) is 1.00. The Morgan fingerprint density at radius 1 is 1.58 bits per heavy atom. The van der Waals surface area contributed by atoms with Gasteiger partial charge in [-0.2, -0.15) is 0 Å². The van der Waals surface area contributed by atoms with Crippen LogP contribution >= 0.6 is 0 Å². The molecule has 1 aromatic rings. The molecule has 0 saturated heterocycles. The van der Waals surface area contributed by atoms with Gasteiger partial charge in [-0.05, 0) is 18.9 Å². The number of aromatic nitrogens is 1. The topological polar surface area (TPSA) is 34.2 Å². The van der Waals surface area contributed by atoms with Crippen LogP contribution in [-0.2, 0) is 0 Å². The molecule has 1 aliphatic carbocycles. The Labute approximate surface area is 70.8 Å². The molecule has 0 aromatic carbocycles. The maximum atomic E-state index is 5.74. The monoisotopic (exact) mass is 161 g/mol. The predicted octanol–water partition coefficient (Wildman–Crippen LogP) is 1.22. The van der Waals surface area contributed by atoms with Crippen LogP contribution in [0, 0.1) is 6.07 Å². The van der Waals surface area contributed by atoms with E-state index >= 15 is 0 Å². The molecule has 1 fully saturated rings. The second-order valence-corrected chi connectivity index (χ2v) is 3.43. The van der Waals surface area contributed by atoms with Crippen LogP contribution < -0.4 is 10.1 Å². The molecule has 0 unspecified atom stereocenters. The Balaban J connectivity index is 2.01. The number of rotatable bonds is 0. The van der Waals surface area contributed by atoms with Crippen molar-refractivity contribution in [2.45, 2.75) is 18.4 Å². The summed E-state index contributed by atoms with van der Waals surface area (Å²) in [6.07, 6.45) is 3.95. The first kappa shape index (κ1) is 6.29. The molecule has 1 aliphatic heterocycles. The maximum Gasteiger partial charge on any atom is 0.238 e. The van der Waals surface area contributed by atoms with Crippen LogP contribution in [0.4, 0.5) is 5.69 Å². The van der Waals surface area contributed by atoms with Gasteiger partial charge < -0.3 is 10.1 Å². The van der Waals surface area contributed by atoms with Gasteiger partial charge in [-0.3, -0.25) is 0 Å². The Hall–Kier alpha value is -1.25. The van der Waals surface area contributed by atoms with Crippen molar-refractivity contribution in [2.75, 3.05) is 11.9 Å². The van der Waals surface area contributed by atoms with Crippen molar-refractivity contribution < 1.29 is 4.74 Å². The summed E-state index contributed by atoms with van der Waals surface area (Å²) < 4.78 is 5.74. The first-order valence-electron chi connectivity index (χ1n) is 4.17. The van der Waals surface area contributed by atoms with Gasteiger partial charge in [0.05, 0.1) is 12.2 Å². The molecule has 1 saturated carbocycles. The molecule has 0 amide bonds. The lowest BCUT2D eigenvalue weighted by molar-refractivity contribution is 0.176. The molecule has 12 heavy (non-hydrogen) atoms. The summed E-state index contributed by atoms with van der Waals surface area (Å²) in [5.74, 6) is 0.734. The summed E-state index contributed by atoms with van der Waals surface area (Å²) >= 11 is 0. The van der Waals surface area contributed by atoms with Gasteiger partial charge in [-0.1, -0.05) is 0 Å². The average molecular weight is 161 g/mol. The Bertz CT molecular complexity index is 320. The van der Waals surface area contributed by atoms with E-state index in [0.29, 0.717) is 0 Å². The van der Waals surface area contributed by atoms with Gasteiger partial charge in [0, 0.05) is 12.3 Å². The van der Waals surface area contributed by atoms with E-state index in [4.69, 9.17) is 4.74 Å². The Morgan fingerprint density at radius 3 is 3.33 bits per heavy atom. The van der Waals surface area contributed by atoms with Crippen LogP contribution in [-0.4, -0.2) is 17.1 Å². The molecule has 0 bridgehead atoms. The number of fused-ring (bicyclic) bond motifs is 1. The van der Waals surface area contributed by atoms with Crippen molar-refractivity contribution in [3.8, 4) is 5.88 Å². The molecule has 1 N–H and O–H groups in total. The van der Waals surface area contributed by atoms with Crippen LogP contribution in [0.1, 0.15) is 12.8 Å². The third kappa shape index (κ3) is 0.793. The highest BCUT2D eigenvalue weighted by Gasteiger charge is 2.48. The summed E-state index contributed by atoms with van der Waals surface area (Å²) in [6, 6.07) is 4.79. The largest absolute Gasteiger partial charge is 0.468 e. The fourth-order valence-electron chi connectivity index (χ4n) is 1.47. The van der Waals surface area contributed by atoms with Crippen LogP contribution in [0.3, 0.4) is 0 Å². The summed E-state index contributed by atoms with van der Waals surface area (Å²) in [4.78, 5) is 4.11. The SMILES string of the molecule is [c]1cnc2c(c1)NCC1(CC1)O2. The van der Waals surface area contributed by atoms with Crippen LogP contribution in [0.25, 0.3) is 0 Å². The molecule has 1 radical (unpaired) electrons. The molecule has 61 valence electrons. The van der Waals surface area contributed by atoms with E-state index in [2.05, 4.69) is 16.4 Å². The van der Waals surface area contributed by atoms with Gasteiger partial charge >= 0.3 is 0 Å². The van der Waals surface area contributed by atoms with Crippen LogP contribution in [0.5, 0.6) is 5.88 Å². The van der Waals surface area contributed by atoms with E-state index in [1.807, 2.05) is 6.07 Å². The zero-order valence-electron chi connectivity index (χ0n) is 6.63. The van der Waals surface area contributed by atoms with Crippen LogP contribution in [0.2, 0.25) is 0 Å². The first-order chi connectivity index (χ1) is 5.88. The minimum absolute atomic E-state index is 0.0847. The van der Waals surface area contributed by atoms with Crippen molar-refractivity contribution in [1.29, 1.82) is 0 Å². The highest BCUT2D eigenvalue weighted by molar-refractivity contribution is 5.54. The number of pyridine rings is 1. The highest BCUT2D eigenvalue weighted by Crippen LogP contribution is 2.44. The second-order valence-electron chi connectivity index (χ2n) is 3.43. The molecule has 1 aromatic heterocycles. The highest BCUT2D eigenvalue weighted by atomic mass is 16.5. The standard InChI is InChI=1S/C9H9N2O/c1-2-7-8(10-5-1)12-9(3-4-9)6-11-7/h2,5,11H,3-4,6H2. The van der Waals surface area contributed by atoms with E-state index in [1.54, 1.807) is 6.20 Å². The van der Waals surface area contributed by atoms with Gasteiger partial charge in [0.1, 0.15) is 5.60 Å². The third-order valence-corrected chi connectivity index (χ3v) is 2.44. The lowest BCUT2D eigenvalue weighted by Gasteiger charge is -2.25. The van der Waals surface area contributed by atoms with Gasteiger partial charge in [-0.15, -0.1) is 0 Å². The fraction of sp³-hybridized carbons (Fsp3) is 0.444. The summed E-state index contributed by atoms with van der Waals surface area (Å²) in [5, 5.41) is 3.30. The van der Waals surface area contributed by atoms with E-state index in [0.717, 1.165) is 31.0 Å². The summed E-state index contributed by atoms with van der Waals surface area (Å²) in [7, 11) is 0. The van der Waals surface area contributed by atoms with Crippen molar-refractivity contribution >= 4 is 5.69 Å². The van der Waals surface area contributed by atoms with E-state index < -0.39 is 0 Å². The van der Waals surface area contributed by atoms with E-state index in [9.17, 15) is 0 Å². The third-order valence-electron chi connectivity index (χ3n) is 2.44. The number of nitrogens with zero attached hydrogens (tertiary/aromatic N) is 1. The van der Waals surface area contributed by atoms with Crippen molar-refractivity contribution in [2.24, 2.45) is 0 Å². The van der Waals surface area contributed by atoms with E-state index in [1.165, 1.54) is 0 Å². The molecule has 2 heterocycles. The van der Waals surface area contributed by atoms with Crippen LogP contribution in [0.15, 0.2) is 12.3 Å². The normalized spacial score (nSPS) is 22.3. The molecule has 3 rings (SSSR count). The maximum absolute atomic E-state index is 5.74. The number of hydrogen-bond donors (Lipinski definition) is 1. The summed E-state index contributed by atoms with van der Waals surface area (Å²) in [6.45, 7) is 0.916. The lowest BCUT2D eigenvalue weighted by Crippen LogP contribution is -2.32. The molecule has 1 spiro atoms. The molecule has 0 atom stereocenters. The quantitative estimate of drug-likeness (QED) is 0.621. The van der Waals surface area contributed by atoms with Gasteiger partial charge in [0.2, 0.25) is 5.88 Å². The second kappa shape index (κ2) is 1.91.